The van der Waals surface area contributed by atoms with Gasteiger partial charge in [0.25, 0.3) is 0 Å². The Morgan fingerprint density at radius 1 is 1.30 bits per heavy atom. The van der Waals surface area contributed by atoms with Crippen LogP contribution in [0.2, 0.25) is 10.3 Å². The first kappa shape index (κ1) is 17.1. The molecule has 1 aromatic carbocycles. The van der Waals surface area contributed by atoms with Gasteiger partial charge in [-0.15, -0.1) is 0 Å². The topological polar surface area (TPSA) is 49.2 Å². The third-order valence-electron chi connectivity index (χ3n) is 4.14. The molecule has 1 fully saturated rings. The monoisotopic (exact) mass is 421 g/mol. The lowest BCUT2D eigenvalue weighted by Gasteiger charge is -2.24. The van der Waals surface area contributed by atoms with Gasteiger partial charge in [0.2, 0.25) is 5.28 Å². The van der Waals surface area contributed by atoms with Crippen LogP contribution in [0, 0.1) is 5.82 Å². The van der Waals surface area contributed by atoms with Gasteiger partial charge < -0.3 is 10.0 Å². The second kappa shape index (κ2) is 6.31. The summed E-state index contributed by atoms with van der Waals surface area (Å²) < 4.78 is 14.6. The van der Waals surface area contributed by atoms with E-state index in [1.54, 1.807) is 6.07 Å². The fraction of sp³-hybridized carbons (Fsp3) is 0.467. The van der Waals surface area contributed by atoms with E-state index in [0.717, 1.165) is 6.42 Å². The summed E-state index contributed by atoms with van der Waals surface area (Å²) in [6.07, 6.45) is 2.12. The molecule has 1 aromatic heterocycles. The van der Waals surface area contributed by atoms with Crippen LogP contribution in [0.5, 0.6) is 0 Å². The summed E-state index contributed by atoms with van der Waals surface area (Å²) in [6, 6.07) is 1.64. The van der Waals surface area contributed by atoms with E-state index in [1.807, 2.05) is 11.8 Å². The van der Waals surface area contributed by atoms with E-state index in [-0.39, 0.29) is 20.3 Å². The van der Waals surface area contributed by atoms with Crippen molar-refractivity contribution in [1.82, 2.24) is 9.97 Å². The molecule has 4 nitrogen and oxygen atoms in total. The number of halogens is 4. The van der Waals surface area contributed by atoms with E-state index < -0.39 is 11.4 Å². The zero-order chi connectivity index (χ0) is 16.8. The van der Waals surface area contributed by atoms with Crippen LogP contribution in [0.1, 0.15) is 26.2 Å². The van der Waals surface area contributed by atoms with Crippen molar-refractivity contribution in [2.75, 3.05) is 18.0 Å². The number of rotatable bonds is 1. The number of hydrogen-bond acceptors (Lipinski definition) is 4. The molecule has 2 aromatic rings. The van der Waals surface area contributed by atoms with Crippen molar-refractivity contribution >= 4 is 55.9 Å². The number of anilines is 1. The molecular weight excluding hydrogens is 408 g/mol. The van der Waals surface area contributed by atoms with Crippen molar-refractivity contribution in [1.29, 1.82) is 0 Å². The van der Waals surface area contributed by atoms with Gasteiger partial charge in [-0.1, -0.05) is 11.6 Å². The van der Waals surface area contributed by atoms with Gasteiger partial charge in [0, 0.05) is 18.5 Å². The van der Waals surface area contributed by atoms with Crippen LogP contribution in [0.4, 0.5) is 10.2 Å². The van der Waals surface area contributed by atoms with E-state index >= 15 is 0 Å². The summed E-state index contributed by atoms with van der Waals surface area (Å²) in [7, 11) is 0. The molecule has 1 aliphatic rings. The molecule has 1 atom stereocenters. The minimum atomic E-state index is -0.701. The Hall–Kier alpha value is -0.690. The standard InChI is InChI=1S/C15H15BrCl2FN3O/c1-15(23)3-2-5-22(6-4-15)13-8-7-9(17)10(16)11(19)12(8)20-14(18)21-13/h7,23H,2-6H2,1H3. The largest absolute Gasteiger partial charge is 0.390 e. The van der Waals surface area contributed by atoms with Gasteiger partial charge >= 0.3 is 0 Å². The molecule has 0 bridgehead atoms. The highest BCUT2D eigenvalue weighted by atomic mass is 79.9. The first-order valence-corrected chi connectivity index (χ1v) is 8.81. The molecule has 1 N–H and O–H groups in total. The van der Waals surface area contributed by atoms with E-state index in [9.17, 15) is 9.50 Å². The Balaban J connectivity index is 2.13. The first-order chi connectivity index (χ1) is 10.8. The smallest absolute Gasteiger partial charge is 0.225 e. The van der Waals surface area contributed by atoms with Crippen LogP contribution in [-0.2, 0) is 0 Å². The van der Waals surface area contributed by atoms with Gasteiger partial charge in [-0.2, -0.15) is 4.98 Å². The van der Waals surface area contributed by atoms with Gasteiger partial charge in [0.05, 0.1) is 15.1 Å². The average molecular weight is 423 g/mol. The highest BCUT2D eigenvalue weighted by Gasteiger charge is 2.27. The Morgan fingerprint density at radius 3 is 2.78 bits per heavy atom. The quantitative estimate of drug-likeness (QED) is 0.539. The van der Waals surface area contributed by atoms with E-state index in [4.69, 9.17) is 23.2 Å². The number of fused-ring (bicyclic) bond motifs is 1. The molecule has 23 heavy (non-hydrogen) atoms. The fourth-order valence-corrected chi connectivity index (χ4v) is 3.51. The lowest BCUT2D eigenvalue weighted by atomic mass is 9.98. The number of aromatic nitrogens is 2. The summed E-state index contributed by atoms with van der Waals surface area (Å²) in [5, 5.41) is 11.0. The predicted molar refractivity (Wildman–Crippen MR) is 93.9 cm³/mol. The summed E-state index contributed by atoms with van der Waals surface area (Å²) in [5.41, 5.74) is -0.569. The molecule has 0 amide bonds. The van der Waals surface area contributed by atoms with Gasteiger partial charge in [0.1, 0.15) is 11.3 Å². The highest BCUT2D eigenvalue weighted by molar-refractivity contribution is 9.10. The SMILES string of the molecule is CC1(O)CCCN(c2nc(Cl)nc3c(F)c(Br)c(Cl)cc23)CC1. The normalized spacial score (nSPS) is 22.4. The predicted octanol–water partition coefficient (Wildman–Crippen LogP) is 4.58. The number of benzene rings is 1. The van der Waals surface area contributed by atoms with Crippen LogP contribution >= 0.6 is 39.1 Å². The summed E-state index contributed by atoms with van der Waals surface area (Å²) in [5.74, 6) is -0.00846. The zero-order valence-electron chi connectivity index (χ0n) is 12.4. The van der Waals surface area contributed by atoms with Crippen molar-refractivity contribution < 1.29 is 9.50 Å². The van der Waals surface area contributed by atoms with E-state index in [0.29, 0.717) is 37.1 Å². The van der Waals surface area contributed by atoms with Crippen LogP contribution in [-0.4, -0.2) is 33.8 Å². The van der Waals surface area contributed by atoms with Crippen molar-refractivity contribution in [3.63, 3.8) is 0 Å². The summed E-state index contributed by atoms with van der Waals surface area (Å²) >= 11 is 15.2. The number of aliphatic hydroxyl groups is 1. The minimum Gasteiger partial charge on any atom is -0.390 e. The van der Waals surface area contributed by atoms with Crippen LogP contribution < -0.4 is 4.90 Å². The zero-order valence-corrected chi connectivity index (χ0v) is 15.5. The molecule has 1 saturated heterocycles. The molecule has 0 saturated carbocycles. The van der Waals surface area contributed by atoms with E-state index in [1.165, 1.54) is 0 Å². The van der Waals surface area contributed by atoms with Gasteiger partial charge in [-0.05, 0) is 59.8 Å². The fourth-order valence-electron chi connectivity index (χ4n) is 2.85. The third kappa shape index (κ3) is 3.40. The Labute approximate surface area is 151 Å². The molecule has 8 heteroatoms. The molecule has 0 radical (unpaired) electrons. The maximum atomic E-state index is 14.5. The summed E-state index contributed by atoms with van der Waals surface area (Å²) in [4.78, 5) is 10.3. The second-order valence-corrected chi connectivity index (χ2v) is 7.57. The summed E-state index contributed by atoms with van der Waals surface area (Å²) in [6.45, 7) is 3.13. The third-order valence-corrected chi connectivity index (χ3v) is 5.61. The van der Waals surface area contributed by atoms with Gasteiger partial charge in [-0.25, -0.2) is 9.37 Å². The van der Waals surface area contributed by atoms with Crippen molar-refractivity contribution in [2.45, 2.75) is 31.8 Å². The Bertz CT molecular complexity index is 772. The Kier molecular flexibility index (Phi) is 4.71. The lowest BCUT2D eigenvalue weighted by Crippen LogP contribution is -2.29. The molecule has 1 unspecified atom stereocenters. The minimum absolute atomic E-state index is 0.0170. The maximum absolute atomic E-state index is 14.5. The molecule has 1 aliphatic heterocycles. The number of hydrogen-bond donors (Lipinski definition) is 1. The van der Waals surface area contributed by atoms with Crippen LogP contribution in [0.25, 0.3) is 10.9 Å². The second-order valence-electron chi connectivity index (χ2n) is 6.04. The molecule has 0 spiro atoms. The molecule has 2 heterocycles. The lowest BCUT2D eigenvalue weighted by molar-refractivity contribution is 0.0481. The highest BCUT2D eigenvalue weighted by Crippen LogP contribution is 2.36. The maximum Gasteiger partial charge on any atom is 0.225 e. The van der Waals surface area contributed by atoms with Crippen LogP contribution in [0.15, 0.2) is 10.5 Å². The van der Waals surface area contributed by atoms with Gasteiger partial charge in [-0.3, -0.25) is 0 Å². The molecule has 0 aliphatic carbocycles. The first-order valence-electron chi connectivity index (χ1n) is 7.26. The molecular formula is C15H15BrCl2FN3O. The molecule has 124 valence electrons. The van der Waals surface area contributed by atoms with Crippen molar-refractivity contribution in [3.8, 4) is 0 Å². The average Bonchev–Trinajstić information content (AvgIpc) is 2.66. The van der Waals surface area contributed by atoms with E-state index in [2.05, 4.69) is 25.9 Å². The number of nitrogens with zero attached hydrogens (tertiary/aromatic N) is 3. The van der Waals surface area contributed by atoms with Crippen molar-refractivity contribution in [2.24, 2.45) is 0 Å². The van der Waals surface area contributed by atoms with Crippen molar-refractivity contribution in [3.05, 3.63) is 26.7 Å². The van der Waals surface area contributed by atoms with Crippen LogP contribution in [0.3, 0.4) is 0 Å². The Morgan fingerprint density at radius 2 is 2.04 bits per heavy atom. The van der Waals surface area contributed by atoms with Gasteiger partial charge in [0.15, 0.2) is 5.82 Å². The molecule has 3 rings (SSSR count).